The second-order valence-corrected chi connectivity index (χ2v) is 9.47. The van der Waals surface area contributed by atoms with Gasteiger partial charge < -0.3 is 10.6 Å². The molecule has 8 heteroatoms. The zero-order valence-corrected chi connectivity index (χ0v) is 18.4. The number of amides is 2. The summed E-state index contributed by atoms with van der Waals surface area (Å²) in [6.45, 7) is 2.09. The number of nitriles is 2. The number of nitrogens with one attached hydrogen (secondary N) is 2. The summed E-state index contributed by atoms with van der Waals surface area (Å²) in [5.74, 6) is -1.09. The number of allylic oxidation sites excluding steroid dienone is 1. The Balaban J connectivity index is 1.81. The quantitative estimate of drug-likeness (QED) is 0.678. The molecule has 0 saturated heterocycles. The van der Waals surface area contributed by atoms with Crippen molar-refractivity contribution in [2.24, 2.45) is 17.3 Å². The van der Waals surface area contributed by atoms with Crippen LogP contribution in [0.5, 0.6) is 0 Å². The van der Waals surface area contributed by atoms with Crippen LogP contribution < -0.4 is 10.6 Å². The Hall–Kier alpha value is -2.29. The molecule has 1 heterocycles. The fraction of sp³-hybridized carbons (Fsp3) is 0.429. The van der Waals surface area contributed by atoms with Crippen molar-refractivity contribution in [3.8, 4) is 12.1 Å². The zero-order valence-electron chi connectivity index (χ0n) is 16.0. The number of anilines is 1. The van der Waals surface area contributed by atoms with Gasteiger partial charge in [0.25, 0.3) is 0 Å². The molecule has 2 N–H and O–H groups in total. The van der Waals surface area contributed by atoms with E-state index >= 15 is 0 Å². The van der Waals surface area contributed by atoms with Gasteiger partial charge in [-0.25, -0.2) is 0 Å². The van der Waals surface area contributed by atoms with E-state index in [-0.39, 0.29) is 17.6 Å². The molecular formula is C21H21BrN4O2S. The predicted octanol–water partition coefficient (Wildman–Crippen LogP) is 4.32. The Morgan fingerprint density at radius 2 is 2.10 bits per heavy atom. The van der Waals surface area contributed by atoms with E-state index < -0.39 is 11.3 Å². The molecule has 0 radical (unpaired) electrons. The lowest BCUT2D eigenvalue weighted by Gasteiger charge is -2.45. The van der Waals surface area contributed by atoms with E-state index in [1.165, 1.54) is 0 Å². The second kappa shape index (κ2) is 9.02. The van der Waals surface area contributed by atoms with Gasteiger partial charge in [-0.2, -0.15) is 10.5 Å². The largest absolute Gasteiger partial charge is 0.325 e. The van der Waals surface area contributed by atoms with Gasteiger partial charge in [0.2, 0.25) is 11.8 Å². The van der Waals surface area contributed by atoms with Crippen LogP contribution in [0, 0.1) is 39.9 Å². The molecule has 1 aromatic carbocycles. The van der Waals surface area contributed by atoms with E-state index in [9.17, 15) is 20.1 Å². The van der Waals surface area contributed by atoms with Crippen molar-refractivity contribution in [1.82, 2.24) is 5.32 Å². The van der Waals surface area contributed by atoms with Gasteiger partial charge in [-0.15, -0.1) is 0 Å². The Labute approximate surface area is 182 Å². The normalized spacial score (nSPS) is 26.4. The lowest BCUT2D eigenvalue weighted by molar-refractivity contribution is -0.127. The summed E-state index contributed by atoms with van der Waals surface area (Å²) >= 11 is 4.49. The molecule has 29 heavy (non-hydrogen) atoms. The van der Waals surface area contributed by atoms with Crippen molar-refractivity contribution in [2.75, 3.05) is 11.1 Å². The lowest BCUT2D eigenvalue weighted by Crippen LogP contribution is -2.49. The highest BCUT2D eigenvalue weighted by Gasteiger charge is 2.52. The Kier molecular flexibility index (Phi) is 6.66. The minimum atomic E-state index is -0.874. The third kappa shape index (κ3) is 4.49. The molecule has 6 nitrogen and oxygen atoms in total. The van der Waals surface area contributed by atoms with Crippen LogP contribution in [0.3, 0.4) is 0 Å². The smallest absolute Gasteiger partial charge is 0.243 e. The number of carbonyl (C=O) groups is 2. The fourth-order valence-electron chi connectivity index (χ4n) is 4.27. The Bertz CT molecular complexity index is 931. The number of hydrogen-bond acceptors (Lipinski definition) is 5. The van der Waals surface area contributed by atoms with Gasteiger partial charge in [0.1, 0.15) is 5.92 Å². The average molecular weight is 473 g/mol. The zero-order chi connectivity index (χ0) is 21.0. The van der Waals surface area contributed by atoms with Crippen LogP contribution >= 0.6 is 27.7 Å². The molecule has 1 aliphatic carbocycles. The molecule has 3 rings (SSSR count). The first-order valence-corrected chi connectivity index (χ1v) is 11.2. The van der Waals surface area contributed by atoms with E-state index in [1.807, 2.05) is 12.1 Å². The second-order valence-electron chi connectivity index (χ2n) is 7.57. The van der Waals surface area contributed by atoms with E-state index in [4.69, 9.17) is 0 Å². The highest BCUT2D eigenvalue weighted by Crippen LogP contribution is 2.53. The van der Waals surface area contributed by atoms with Gasteiger partial charge in [-0.3, -0.25) is 9.59 Å². The third-order valence-electron chi connectivity index (χ3n) is 5.53. The lowest BCUT2D eigenvalue weighted by atomic mass is 9.59. The predicted molar refractivity (Wildman–Crippen MR) is 115 cm³/mol. The van der Waals surface area contributed by atoms with Gasteiger partial charge in [0, 0.05) is 15.6 Å². The van der Waals surface area contributed by atoms with Crippen LogP contribution in [0.1, 0.15) is 32.6 Å². The van der Waals surface area contributed by atoms with Crippen molar-refractivity contribution in [3.05, 3.63) is 39.3 Å². The summed E-state index contributed by atoms with van der Waals surface area (Å²) in [7, 11) is 0. The maximum absolute atomic E-state index is 12.6. The molecule has 0 bridgehead atoms. The molecule has 3 atom stereocenters. The van der Waals surface area contributed by atoms with Crippen molar-refractivity contribution in [3.63, 3.8) is 0 Å². The van der Waals surface area contributed by atoms with Crippen molar-refractivity contribution in [1.29, 1.82) is 10.5 Å². The molecule has 1 aliphatic heterocycles. The molecule has 2 amide bonds. The molecular weight excluding hydrogens is 452 g/mol. The first-order chi connectivity index (χ1) is 13.9. The minimum Gasteiger partial charge on any atom is -0.325 e. The van der Waals surface area contributed by atoms with Crippen LogP contribution in [-0.2, 0) is 9.59 Å². The first-order valence-electron chi connectivity index (χ1n) is 9.43. The van der Waals surface area contributed by atoms with Crippen molar-refractivity contribution in [2.45, 2.75) is 32.6 Å². The monoisotopic (exact) mass is 472 g/mol. The molecule has 2 aliphatic rings. The average Bonchev–Trinajstić information content (AvgIpc) is 2.68. The number of hydrogen-bond donors (Lipinski definition) is 2. The summed E-state index contributed by atoms with van der Waals surface area (Å²) in [5.41, 5.74) is 0.355. The maximum Gasteiger partial charge on any atom is 0.243 e. The summed E-state index contributed by atoms with van der Waals surface area (Å²) in [6, 6.07) is 11.6. The number of rotatable bonds is 4. The SMILES string of the molecule is C[C@@H]1CCC[C@@]2(C1)C(C#N)=C(SCC(=O)Nc1ccc(Br)cc1)NC(=O)[C@H]2C#N. The first kappa shape index (κ1) is 21.4. The van der Waals surface area contributed by atoms with Gasteiger partial charge in [-0.1, -0.05) is 47.5 Å². The van der Waals surface area contributed by atoms with Crippen LogP contribution in [0.25, 0.3) is 0 Å². The van der Waals surface area contributed by atoms with Gasteiger partial charge in [-0.05, 0) is 43.0 Å². The summed E-state index contributed by atoms with van der Waals surface area (Å²) in [4.78, 5) is 25.0. The highest BCUT2D eigenvalue weighted by atomic mass is 79.9. The molecule has 1 spiro atoms. The maximum atomic E-state index is 12.6. The summed E-state index contributed by atoms with van der Waals surface area (Å²) < 4.78 is 0.915. The molecule has 0 unspecified atom stereocenters. The third-order valence-corrected chi connectivity index (χ3v) is 7.06. The molecule has 0 aromatic heterocycles. The van der Waals surface area contributed by atoms with Crippen molar-refractivity contribution < 1.29 is 9.59 Å². The molecule has 150 valence electrons. The topological polar surface area (TPSA) is 106 Å². The highest BCUT2D eigenvalue weighted by molar-refractivity contribution is 9.10. The fourth-order valence-corrected chi connectivity index (χ4v) is 5.45. The van der Waals surface area contributed by atoms with E-state index in [2.05, 4.69) is 45.6 Å². The van der Waals surface area contributed by atoms with Crippen molar-refractivity contribution >= 4 is 45.2 Å². The van der Waals surface area contributed by atoms with E-state index in [0.29, 0.717) is 35.0 Å². The minimum absolute atomic E-state index is 0.0553. The van der Waals surface area contributed by atoms with Crippen LogP contribution in [0.15, 0.2) is 39.3 Å². The summed E-state index contributed by atoms with van der Waals surface area (Å²) in [6.07, 6.45) is 3.18. The standard InChI is InChI=1S/C21H21BrN4O2S/c1-13-3-2-8-21(9-13)16(10-23)19(28)26-20(17(21)11-24)29-12-18(27)25-15-6-4-14(22)5-7-15/h4-7,13,16H,2-3,8-9,12H2,1H3,(H,25,27)(H,26,28)/t13-,16-,21+/m1/s1. The number of thioether (sulfide) groups is 1. The van der Waals surface area contributed by atoms with E-state index in [0.717, 1.165) is 29.1 Å². The number of nitrogens with zero attached hydrogens (tertiary/aromatic N) is 2. The van der Waals surface area contributed by atoms with Crippen LogP contribution in [-0.4, -0.2) is 17.6 Å². The Morgan fingerprint density at radius 3 is 2.72 bits per heavy atom. The van der Waals surface area contributed by atoms with E-state index in [1.54, 1.807) is 12.1 Å². The Morgan fingerprint density at radius 1 is 1.38 bits per heavy atom. The number of benzene rings is 1. The number of carbonyl (C=O) groups excluding carboxylic acids is 2. The van der Waals surface area contributed by atoms with Gasteiger partial charge in [0.15, 0.2) is 0 Å². The summed E-state index contributed by atoms with van der Waals surface area (Å²) in [5, 5.41) is 25.5. The van der Waals surface area contributed by atoms with Crippen LogP contribution in [0.2, 0.25) is 0 Å². The number of halogens is 1. The molecule has 1 fully saturated rings. The van der Waals surface area contributed by atoms with Gasteiger partial charge in [0.05, 0.1) is 28.5 Å². The van der Waals surface area contributed by atoms with Gasteiger partial charge >= 0.3 is 0 Å². The molecule has 1 aromatic rings. The molecule has 1 saturated carbocycles. The van der Waals surface area contributed by atoms with Crippen LogP contribution in [0.4, 0.5) is 5.69 Å².